The van der Waals surface area contributed by atoms with Gasteiger partial charge in [0, 0.05) is 20.1 Å². The molecule has 4 aromatic rings. The number of aromatic nitrogens is 2. The normalized spacial score (nSPS) is 18.4. The molecule has 1 aliphatic heterocycles. The molecule has 5 rings (SSSR count). The van der Waals surface area contributed by atoms with Gasteiger partial charge in [0.2, 0.25) is 0 Å². The Morgan fingerprint density at radius 1 is 0.868 bits per heavy atom. The van der Waals surface area contributed by atoms with Gasteiger partial charge in [0.25, 0.3) is 0 Å². The summed E-state index contributed by atoms with van der Waals surface area (Å²) in [5.74, 6) is 1.59. The first-order valence-corrected chi connectivity index (χ1v) is 13.4. The fraction of sp³-hybridized carbons (Fsp3) is 0.387. The van der Waals surface area contributed by atoms with Gasteiger partial charge >= 0.3 is 5.69 Å². The van der Waals surface area contributed by atoms with Gasteiger partial charge in [0.15, 0.2) is 0 Å². The molecule has 0 saturated carbocycles. The summed E-state index contributed by atoms with van der Waals surface area (Å²) in [7, 11) is 1.80. The van der Waals surface area contributed by atoms with E-state index in [1.807, 2.05) is 60.7 Å². The first kappa shape index (κ1) is 26.1. The monoisotopic (exact) mass is 515 g/mol. The Kier molecular flexibility index (Phi) is 7.86. The molecule has 2 heterocycles. The van der Waals surface area contributed by atoms with Crippen LogP contribution in [0.4, 0.5) is 0 Å². The van der Waals surface area contributed by atoms with Crippen LogP contribution in [0.3, 0.4) is 0 Å². The van der Waals surface area contributed by atoms with Crippen LogP contribution in [0.25, 0.3) is 11.0 Å². The molecule has 38 heavy (non-hydrogen) atoms. The number of hydrogen-bond donors (Lipinski definition) is 1. The number of aryl methyl sites for hydroxylation is 2. The highest BCUT2D eigenvalue weighted by molar-refractivity contribution is 5.75. The highest BCUT2D eigenvalue weighted by Crippen LogP contribution is 2.25. The average molecular weight is 516 g/mol. The van der Waals surface area contributed by atoms with E-state index in [-0.39, 0.29) is 5.69 Å². The second kappa shape index (κ2) is 11.5. The van der Waals surface area contributed by atoms with Crippen molar-refractivity contribution in [1.82, 2.24) is 14.0 Å². The minimum Gasteiger partial charge on any atom is -0.492 e. The van der Waals surface area contributed by atoms with Crippen LogP contribution in [0.1, 0.15) is 30.4 Å². The van der Waals surface area contributed by atoms with Gasteiger partial charge in [-0.1, -0.05) is 42.0 Å². The van der Waals surface area contributed by atoms with Crippen molar-refractivity contribution in [1.29, 1.82) is 0 Å². The number of nitrogens with zero attached hydrogens (tertiary/aromatic N) is 3. The SMILES string of the molecule is Cc1ccc(OCC2(O)CCCN(Cc3ccc(OCCn4c(=O)n(C)c5ccccc54)cc3)CC2)cc1. The molecule has 0 amide bonds. The molecule has 1 aliphatic rings. The minimum atomic E-state index is -0.802. The topological polar surface area (TPSA) is 68.9 Å². The van der Waals surface area contributed by atoms with Crippen LogP contribution in [0.2, 0.25) is 0 Å². The third kappa shape index (κ3) is 6.11. The van der Waals surface area contributed by atoms with Gasteiger partial charge in [0.05, 0.1) is 23.2 Å². The first-order valence-electron chi connectivity index (χ1n) is 13.4. The third-order valence-corrected chi connectivity index (χ3v) is 7.50. The molecule has 3 aromatic carbocycles. The number of imidazole rings is 1. The van der Waals surface area contributed by atoms with E-state index in [1.54, 1.807) is 16.2 Å². The van der Waals surface area contributed by atoms with E-state index in [1.165, 1.54) is 11.1 Å². The maximum atomic E-state index is 12.6. The number of ether oxygens (including phenoxy) is 2. The van der Waals surface area contributed by atoms with E-state index in [0.717, 1.165) is 55.0 Å². The van der Waals surface area contributed by atoms with Crippen LogP contribution in [0.15, 0.2) is 77.6 Å². The predicted molar refractivity (Wildman–Crippen MR) is 150 cm³/mol. The van der Waals surface area contributed by atoms with Crippen molar-refractivity contribution in [2.24, 2.45) is 7.05 Å². The molecule has 7 nitrogen and oxygen atoms in total. The number of likely N-dealkylation sites (tertiary alicyclic amines) is 1. The van der Waals surface area contributed by atoms with Crippen LogP contribution < -0.4 is 15.2 Å². The van der Waals surface area contributed by atoms with Crippen LogP contribution in [-0.2, 0) is 20.1 Å². The molecule has 1 fully saturated rings. The van der Waals surface area contributed by atoms with Crippen molar-refractivity contribution in [3.8, 4) is 11.5 Å². The molecule has 200 valence electrons. The fourth-order valence-electron chi connectivity index (χ4n) is 5.17. The van der Waals surface area contributed by atoms with Gasteiger partial charge in [-0.15, -0.1) is 0 Å². The Hall–Kier alpha value is -3.55. The summed E-state index contributed by atoms with van der Waals surface area (Å²) in [6, 6.07) is 23.9. The maximum absolute atomic E-state index is 12.6. The average Bonchev–Trinajstić information content (AvgIpc) is 3.04. The van der Waals surface area contributed by atoms with Crippen molar-refractivity contribution in [3.05, 3.63) is 94.4 Å². The summed E-state index contributed by atoms with van der Waals surface area (Å²) < 4.78 is 15.3. The highest BCUT2D eigenvalue weighted by Gasteiger charge is 2.31. The molecular weight excluding hydrogens is 478 g/mol. The summed E-state index contributed by atoms with van der Waals surface area (Å²) >= 11 is 0. The van der Waals surface area contributed by atoms with Gasteiger partial charge in [-0.2, -0.15) is 0 Å². The quantitative estimate of drug-likeness (QED) is 0.355. The zero-order chi connectivity index (χ0) is 26.5. The van der Waals surface area contributed by atoms with Crippen LogP contribution in [0, 0.1) is 6.92 Å². The van der Waals surface area contributed by atoms with E-state index in [0.29, 0.717) is 26.2 Å². The largest absolute Gasteiger partial charge is 0.492 e. The molecule has 1 atom stereocenters. The van der Waals surface area contributed by atoms with Crippen LogP contribution in [0.5, 0.6) is 11.5 Å². The van der Waals surface area contributed by atoms with Gasteiger partial charge in [-0.05, 0) is 74.7 Å². The zero-order valence-electron chi connectivity index (χ0n) is 22.3. The number of fused-ring (bicyclic) bond motifs is 1. The number of rotatable bonds is 9. The highest BCUT2D eigenvalue weighted by atomic mass is 16.5. The minimum absolute atomic E-state index is 0.0313. The van der Waals surface area contributed by atoms with Gasteiger partial charge in [-0.3, -0.25) is 14.0 Å². The molecule has 0 radical (unpaired) electrons. The predicted octanol–water partition coefficient (Wildman–Crippen LogP) is 4.52. The third-order valence-electron chi connectivity index (χ3n) is 7.50. The maximum Gasteiger partial charge on any atom is 0.328 e. The lowest BCUT2D eigenvalue weighted by atomic mass is 9.96. The number of hydrogen-bond acceptors (Lipinski definition) is 5. The van der Waals surface area contributed by atoms with Crippen molar-refractivity contribution >= 4 is 11.0 Å². The molecule has 0 bridgehead atoms. The van der Waals surface area contributed by atoms with Crippen molar-refractivity contribution in [3.63, 3.8) is 0 Å². The first-order chi connectivity index (χ1) is 18.4. The van der Waals surface area contributed by atoms with E-state index in [2.05, 4.69) is 24.0 Å². The van der Waals surface area contributed by atoms with Gasteiger partial charge < -0.3 is 14.6 Å². The lowest BCUT2D eigenvalue weighted by Crippen LogP contribution is -2.37. The van der Waals surface area contributed by atoms with Gasteiger partial charge in [0.1, 0.15) is 24.7 Å². The van der Waals surface area contributed by atoms with Crippen molar-refractivity contribution < 1.29 is 14.6 Å². The molecular formula is C31H37N3O4. The standard InChI is InChI=1S/C31H37N3O4/c1-24-8-12-27(13-9-24)38-23-31(36)16-5-18-33(19-17-31)22-25-10-14-26(15-11-25)37-21-20-34-29-7-4-3-6-28(29)32(2)30(34)35/h3-4,6-15,36H,5,16-23H2,1-2H3. The van der Waals surface area contributed by atoms with Gasteiger partial charge in [-0.25, -0.2) is 4.79 Å². The number of para-hydroxylation sites is 2. The Bertz CT molecular complexity index is 1410. The molecule has 0 aliphatic carbocycles. The van der Waals surface area contributed by atoms with E-state index < -0.39 is 5.60 Å². The smallest absolute Gasteiger partial charge is 0.328 e. The van der Waals surface area contributed by atoms with Crippen LogP contribution in [-0.4, -0.2) is 51.0 Å². The molecule has 1 N–H and O–H groups in total. The summed E-state index contributed by atoms with van der Waals surface area (Å²) in [5, 5.41) is 11.1. The molecule has 1 unspecified atom stereocenters. The lowest BCUT2D eigenvalue weighted by molar-refractivity contribution is -0.0168. The number of benzene rings is 3. The Morgan fingerprint density at radius 3 is 2.32 bits per heavy atom. The Morgan fingerprint density at radius 2 is 1.55 bits per heavy atom. The summed E-state index contributed by atoms with van der Waals surface area (Å²) in [6.45, 7) is 5.89. The zero-order valence-corrected chi connectivity index (χ0v) is 22.3. The Balaban J connectivity index is 1.10. The van der Waals surface area contributed by atoms with Crippen molar-refractivity contribution in [2.45, 2.75) is 44.9 Å². The van der Waals surface area contributed by atoms with Crippen LogP contribution >= 0.6 is 0 Å². The summed E-state index contributed by atoms with van der Waals surface area (Å²) in [6.07, 6.45) is 2.36. The van der Waals surface area contributed by atoms with E-state index in [4.69, 9.17) is 9.47 Å². The van der Waals surface area contributed by atoms with Crippen molar-refractivity contribution in [2.75, 3.05) is 26.3 Å². The summed E-state index contributed by atoms with van der Waals surface area (Å²) in [5.41, 5.74) is 3.42. The lowest BCUT2D eigenvalue weighted by Gasteiger charge is -2.27. The molecule has 1 aromatic heterocycles. The molecule has 1 saturated heterocycles. The summed E-state index contributed by atoms with van der Waals surface area (Å²) in [4.78, 5) is 15.0. The second-order valence-electron chi connectivity index (χ2n) is 10.4. The van der Waals surface area contributed by atoms with E-state index >= 15 is 0 Å². The Labute approximate surface area is 223 Å². The molecule has 7 heteroatoms. The number of aliphatic hydroxyl groups is 1. The fourth-order valence-corrected chi connectivity index (χ4v) is 5.17. The van der Waals surface area contributed by atoms with E-state index in [9.17, 15) is 9.90 Å². The molecule has 0 spiro atoms. The second-order valence-corrected chi connectivity index (χ2v) is 10.4.